The van der Waals surface area contributed by atoms with Crippen molar-refractivity contribution in [2.24, 2.45) is 5.92 Å². The Kier molecular flexibility index (Phi) is 5.99. The quantitative estimate of drug-likeness (QED) is 0.429. The Morgan fingerprint density at radius 3 is 2.35 bits per heavy atom. The summed E-state index contributed by atoms with van der Waals surface area (Å²) in [7, 11) is 0. The number of allylic oxidation sites excluding steroid dienone is 3. The smallest absolute Gasteiger partial charge is 0.271 e. The summed E-state index contributed by atoms with van der Waals surface area (Å²) in [5, 5.41) is 11.0. The molecule has 2 N–H and O–H groups in total. The minimum atomic E-state index is -0.458. The summed E-state index contributed by atoms with van der Waals surface area (Å²) in [5.41, 5.74) is 8.21. The van der Waals surface area contributed by atoms with Gasteiger partial charge in [-0.25, -0.2) is 8.78 Å². The molecule has 1 aliphatic heterocycles. The number of rotatable bonds is 5. The maximum absolute atomic E-state index is 13.5. The highest BCUT2D eigenvalue weighted by Crippen LogP contribution is 2.37. The summed E-state index contributed by atoms with van der Waals surface area (Å²) >= 11 is 0. The number of piperazine rings is 1. The predicted molar refractivity (Wildman–Crippen MR) is 117 cm³/mol. The van der Waals surface area contributed by atoms with Gasteiger partial charge in [0.15, 0.2) is 0 Å². The fraction of sp³-hybridized carbons (Fsp3) is 0.304. The predicted octanol–water partition coefficient (Wildman–Crippen LogP) is 4.61. The second-order valence-electron chi connectivity index (χ2n) is 7.87. The molecule has 8 heteroatoms. The molecule has 1 heterocycles. The van der Waals surface area contributed by atoms with Crippen LogP contribution in [0.4, 0.5) is 25.8 Å². The molecule has 2 unspecified atom stereocenters. The minimum Gasteiger partial charge on any atom is -0.397 e. The van der Waals surface area contributed by atoms with E-state index in [1.54, 1.807) is 24.3 Å². The van der Waals surface area contributed by atoms with Gasteiger partial charge in [0.2, 0.25) is 0 Å². The summed E-state index contributed by atoms with van der Waals surface area (Å²) < 4.78 is 27.0. The molecule has 1 aliphatic carbocycles. The van der Waals surface area contributed by atoms with Crippen molar-refractivity contribution in [1.29, 1.82) is 0 Å². The molecule has 0 spiro atoms. The molecule has 2 aromatic rings. The van der Waals surface area contributed by atoms with Crippen LogP contribution in [0, 0.1) is 21.8 Å². The van der Waals surface area contributed by atoms with Crippen molar-refractivity contribution in [2.75, 3.05) is 36.8 Å². The van der Waals surface area contributed by atoms with Crippen LogP contribution >= 0.6 is 0 Å². The zero-order valence-corrected chi connectivity index (χ0v) is 17.0. The van der Waals surface area contributed by atoms with Crippen LogP contribution in [0.15, 0.2) is 66.5 Å². The highest BCUT2D eigenvalue weighted by atomic mass is 19.1. The highest BCUT2D eigenvalue weighted by Gasteiger charge is 2.31. The molecular weight excluding hydrogens is 402 g/mol. The highest BCUT2D eigenvalue weighted by molar-refractivity contribution is 5.70. The number of hydrogen-bond acceptors (Lipinski definition) is 5. The minimum absolute atomic E-state index is 0.00226. The molecule has 1 saturated heterocycles. The van der Waals surface area contributed by atoms with E-state index >= 15 is 0 Å². The molecule has 0 amide bonds. The van der Waals surface area contributed by atoms with Crippen molar-refractivity contribution in [3.8, 4) is 0 Å². The Labute approximate surface area is 179 Å². The number of nitrogens with two attached hydrogens (primary N) is 1. The second kappa shape index (κ2) is 8.85. The molecular formula is C23H24F2N4O2. The van der Waals surface area contributed by atoms with Crippen molar-refractivity contribution >= 4 is 17.1 Å². The monoisotopic (exact) mass is 426 g/mol. The second-order valence-corrected chi connectivity index (χ2v) is 7.87. The Balaban J connectivity index is 1.52. The van der Waals surface area contributed by atoms with Crippen LogP contribution in [-0.4, -0.2) is 36.0 Å². The molecule has 0 saturated carbocycles. The third-order valence-corrected chi connectivity index (χ3v) is 5.98. The lowest BCUT2D eigenvalue weighted by atomic mass is 9.86. The first kappa shape index (κ1) is 21.0. The van der Waals surface area contributed by atoms with E-state index in [-0.39, 0.29) is 29.3 Å². The SMILES string of the molecule is Nc1cc([N+](=O)[O-])ccc1N1CCN(C(c2ccc(F)cc2)C2C=CC(F)=CC2)CC1. The Morgan fingerprint density at radius 1 is 1.06 bits per heavy atom. The molecule has 2 atom stereocenters. The van der Waals surface area contributed by atoms with Crippen molar-refractivity contribution in [3.05, 3.63) is 88.0 Å². The van der Waals surface area contributed by atoms with Gasteiger partial charge in [-0.15, -0.1) is 0 Å². The molecule has 6 nitrogen and oxygen atoms in total. The number of benzene rings is 2. The number of halogens is 2. The van der Waals surface area contributed by atoms with Gasteiger partial charge in [-0.2, -0.15) is 0 Å². The zero-order valence-electron chi connectivity index (χ0n) is 17.0. The van der Waals surface area contributed by atoms with E-state index in [1.165, 1.54) is 30.3 Å². The fourth-order valence-electron chi connectivity index (χ4n) is 4.42. The van der Waals surface area contributed by atoms with E-state index in [9.17, 15) is 18.9 Å². The van der Waals surface area contributed by atoms with E-state index in [0.717, 1.165) is 24.3 Å². The summed E-state index contributed by atoms with van der Waals surface area (Å²) in [6.45, 7) is 2.85. The maximum atomic E-state index is 13.5. The van der Waals surface area contributed by atoms with Gasteiger partial charge >= 0.3 is 0 Å². The molecule has 2 aromatic carbocycles. The molecule has 162 valence electrons. The first-order chi connectivity index (χ1) is 14.9. The van der Waals surface area contributed by atoms with Crippen LogP contribution in [0.2, 0.25) is 0 Å². The van der Waals surface area contributed by atoms with Crippen LogP contribution in [0.25, 0.3) is 0 Å². The van der Waals surface area contributed by atoms with Gasteiger partial charge in [-0.3, -0.25) is 15.0 Å². The van der Waals surface area contributed by atoms with Gasteiger partial charge < -0.3 is 10.6 Å². The van der Waals surface area contributed by atoms with Crippen LogP contribution in [0.1, 0.15) is 18.0 Å². The van der Waals surface area contributed by atoms with Gasteiger partial charge in [0.25, 0.3) is 5.69 Å². The lowest BCUT2D eigenvalue weighted by Crippen LogP contribution is -2.49. The summed E-state index contributed by atoms with van der Waals surface area (Å²) in [4.78, 5) is 14.9. The number of nitrogens with zero attached hydrogens (tertiary/aromatic N) is 3. The third-order valence-electron chi connectivity index (χ3n) is 5.98. The average Bonchev–Trinajstić information content (AvgIpc) is 2.77. The Morgan fingerprint density at radius 2 is 1.77 bits per heavy atom. The number of nitro groups is 1. The first-order valence-electron chi connectivity index (χ1n) is 10.2. The molecule has 1 fully saturated rings. The number of nitrogen functional groups attached to an aromatic ring is 1. The number of nitro benzene ring substituents is 1. The summed E-state index contributed by atoms with van der Waals surface area (Å²) in [6, 6.07) is 11.0. The number of anilines is 2. The van der Waals surface area contributed by atoms with Crippen LogP contribution in [0.5, 0.6) is 0 Å². The first-order valence-corrected chi connectivity index (χ1v) is 10.2. The fourth-order valence-corrected chi connectivity index (χ4v) is 4.42. The van der Waals surface area contributed by atoms with Crippen molar-refractivity contribution in [1.82, 2.24) is 4.90 Å². The maximum Gasteiger partial charge on any atom is 0.271 e. The summed E-state index contributed by atoms with van der Waals surface area (Å²) in [6.07, 6.45) is 5.57. The Bertz CT molecular complexity index is 1010. The van der Waals surface area contributed by atoms with Crippen molar-refractivity contribution < 1.29 is 13.7 Å². The lowest BCUT2D eigenvalue weighted by Gasteiger charge is -2.43. The van der Waals surface area contributed by atoms with E-state index in [1.807, 2.05) is 6.08 Å². The zero-order chi connectivity index (χ0) is 22.0. The number of hydrogen-bond donors (Lipinski definition) is 1. The van der Waals surface area contributed by atoms with Crippen molar-refractivity contribution in [3.63, 3.8) is 0 Å². The molecule has 0 radical (unpaired) electrons. The van der Waals surface area contributed by atoms with Gasteiger partial charge in [0.05, 0.1) is 16.3 Å². The largest absolute Gasteiger partial charge is 0.397 e. The van der Waals surface area contributed by atoms with Crippen LogP contribution in [-0.2, 0) is 0 Å². The Hall–Kier alpha value is -3.26. The van der Waals surface area contributed by atoms with Gasteiger partial charge in [-0.05, 0) is 42.3 Å². The van der Waals surface area contributed by atoms with Gasteiger partial charge in [0.1, 0.15) is 11.6 Å². The standard InChI is InChI=1S/C23H24F2N4O2/c24-18-5-1-16(2-6-18)23(17-3-7-19(25)8-4-17)28-13-11-27(12-14-28)22-10-9-20(29(30)31)15-21(22)26/h1-3,5-10,15,17,23H,4,11-14,26H2. The van der Waals surface area contributed by atoms with Crippen molar-refractivity contribution in [2.45, 2.75) is 12.5 Å². The van der Waals surface area contributed by atoms with E-state index in [4.69, 9.17) is 5.73 Å². The van der Waals surface area contributed by atoms with Gasteiger partial charge in [-0.1, -0.05) is 18.2 Å². The molecule has 2 aliphatic rings. The topological polar surface area (TPSA) is 75.6 Å². The molecule has 4 rings (SSSR count). The number of non-ortho nitro benzene ring substituents is 1. The van der Waals surface area contributed by atoms with Gasteiger partial charge in [0, 0.05) is 50.3 Å². The molecule has 31 heavy (non-hydrogen) atoms. The summed E-state index contributed by atoms with van der Waals surface area (Å²) in [5.74, 6) is -0.431. The van der Waals surface area contributed by atoms with Crippen LogP contribution < -0.4 is 10.6 Å². The lowest BCUT2D eigenvalue weighted by molar-refractivity contribution is -0.384. The normalized spacial score (nSPS) is 20.4. The molecule has 0 bridgehead atoms. The average molecular weight is 426 g/mol. The van der Waals surface area contributed by atoms with E-state index in [2.05, 4.69) is 9.80 Å². The van der Waals surface area contributed by atoms with E-state index < -0.39 is 4.92 Å². The molecule has 0 aromatic heterocycles. The third kappa shape index (κ3) is 4.59. The van der Waals surface area contributed by atoms with Crippen LogP contribution in [0.3, 0.4) is 0 Å². The van der Waals surface area contributed by atoms with E-state index in [0.29, 0.717) is 25.2 Å².